The van der Waals surface area contributed by atoms with E-state index < -0.39 is 0 Å². The summed E-state index contributed by atoms with van der Waals surface area (Å²) in [6.07, 6.45) is 1.21. The third-order valence-corrected chi connectivity index (χ3v) is 1.91. The number of aliphatic hydroxyl groups excluding tert-OH is 1. The first-order valence-corrected chi connectivity index (χ1v) is 3.78. The zero-order valence-electron chi connectivity index (χ0n) is 6.93. The zero-order valence-corrected chi connectivity index (χ0v) is 6.93. The predicted octanol–water partition coefficient (Wildman–Crippen LogP) is 0.946. The van der Waals surface area contributed by atoms with Crippen LogP contribution in [-0.4, -0.2) is 17.8 Å². The Hall–Kier alpha value is -0.0800. The Bertz CT molecular complexity index is 91.3. The van der Waals surface area contributed by atoms with Crippen molar-refractivity contribution in [3.8, 4) is 0 Å². The summed E-state index contributed by atoms with van der Waals surface area (Å²) in [4.78, 5) is 0. The van der Waals surface area contributed by atoms with Gasteiger partial charge in [0, 0.05) is 0 Å². The van der Waals surface area contributed by atoms with Gasteiger partial charge in [0.1, 0.15) is 0 Å². The fourth-order valence-corrected chi connectivity index (χ4v) is 0.989. The molecular formula is C8H18NO. The first-order valence-electron chi connectivity index (χ1n) is 3.78. The average Bonchev–Trinajstić information content (AvgIpc) is 1.86. The monoisotopic (exact) mass is 144 g/mol. The molecular weight excluding hydrogens is 126 g/mol. The van der Waals surface area contributed by atoms with E-state index in [0.29, 0.717) is 6.54 Å². The molecule has 0 aliphatic rings. The summed E-state index contributed by atoms with van der Waals surface area (Å²) in [5, 5.41) is 9.40. The molecule has 0 bridgehead atoms. The largest absolute Gasteiger partial charge is 0.393 e. The lowest BCUT2D eigenvalue weighted by molar-refractivity contribution is 0.0607. The van der Waals surface area contributed by atoms with E-state index in [1.807, 2.05) is 13.8 Å². The predicted molar refractivity (Wildman–Crippen MR) is 43.4 cm³/mol. The number of nitrogens with two attached hydrogens (primary N) is 1. The topological polar surface area (TPSA) is 46.2 Å². The van der Waals surface area contributed by atoms with Crippen LogP contribution >= 0.6 is 0 Å². The van der Waals surface area contributed by atoms with Gasteiger partial charge >= 0.3 is 0 Å². The first-order chi connectivity index (χ1) is 4.54. The molecule has 0 fully saturated rings. The van der Waals surface area contributed by atoms with Crippen LogP contribution in [0.5, 0.6) is 0 Å². The minimum Gasteiger partial charge on any atom is -0.393 e. The van der Waals surface area contributed by atoms with Crippen LogP contribution in [0.2, 0.25) is 0 Å². The first kappa shape index (κ1) is 9.92. The lowest BCUT2D eigenvalue weighted by Crippen LogP contribution is -2.31. The van der Waals surface area contributed by atoms with E-state index >= 15 is 0 Å². The molecule has 10 heavy (non-hydrogen) atoms. The summed E-state index contributed by atoms with van der Waals surface area (Å²) < 4.78 is 0. The van der Waals surface area contributed by atoms with Gasteiger partial charge in [-0.1, -0.05) is 13.8 Å². The highest BCUT2D eigenvalue weighted by molar-refractivity contribution is 4.83. The van der Waals surface area contributed by atoms with Crippen LogP contribution in [-0.2, 0) is 0 Å². The SMILES string of the molecule is [CH2]C(C)(CCN)C(O)CC. The highest BCUT2D eigenvalue weighted by Gasteiger charge is 2.24. The van der Waals surface area contributed by atoms with Crippen molar-refractivity contribution < 1.29 is 5.11 Å². The van der Waals surface area contributed by atoms with Crippen molar-refractivity contribution in [2.75, 3.05) is 6.54 Å². The minimum atomic E-state index is -0.323. The van der Waals surface area contributed by atoms with Gasteiger partial charge in [-0.05, 0) is 31.7 Å². The summed E-state index contributed by atoms with van der Waals surface area (Å²) in [6, 6.07) is 0. The number of rotatable bonds is 4. The fourth-order valence-electron chi connectivity index (χ4n) is 0.989. The van der Waals surface area contributed by atoms with Gasteiger partial charge in [-0.3, -0.25) is 0 Å². The van der Waals surface area contributed by atoms with Gasteiger partial charge in [0.25, 0.3) is 0 Å². The zero-order chi connectivity index (χ0) is 8.20. The molecule has 2 unspecified atom stereocenters. The van der Waals surface area contributed by atoms with Gasteiger partial charge in [-0.15, -0.1) is 0 Å². The molecule has 0 spiro atoms. The molecule has 2 atom stereocenters. The molecule has 0 aromatic carbocycles. The van der Waals surface area contributed by atoms with E-state index in [2.05, 4.69) is 6.92 Å². The van der Waals surface area contributed by atoms with Crippen LogP contribution in [0.15, 0.2) is 0 Å². The fraction of sp³-hybridized carbons (Fsp3) is 0.875. The third kappa shape index (κ3) is 2.67. The molecule has 61 valence electrons. The molecule has 0 aromatic heterocycles. The lowest BCUT2D eigenvalue weighted by Gasteiger charge is -2.28. The maximum Gasteiger partial charge on any atom is 0.0591 e. The van der Waals surface area contributed by atoms with E-state index in [4.69, 9.17) is 5.73 Å². The summed E-state index contributed by atoms with van der Waals surface area (Å²) >= 11 is 0. The Labute approximate surface area is 63.4 Å². The minimum absolute atomic E-state index is 0.260. The molecule has 2 heteroatoms. The van der Waals surface area contributed by atoms with E-state index in [1.54, 1.807) is 0 Å². The van der Waals surface area contributed by atoms with Gasteiger partial charge in [0.2, 0.25) is 0 Å². The molecule has 0 heterocycles. The molecule has 0 aliphatic heterocycles. The van der Waals surface area contributed by atoms with Crippen molar-refractivity contribution in [3.05, 3.63) is 6.92 Å². The van der Waals surface area contributed by atoms with E-state index in [1.165, 1.54) is 0 Å². The summed E-state index contributed by atoms with van der Waals surface area (Å²) in [6.45, 7) is 8.38. The van der Waals surface area contributed by atoms with Gasteiger partial charge < -0.3 is 10.8 Å². The van der Waals surface area contributed by atoms with Crippen LogP contribution in [0.1, 0.15) is 26.7 Å². The Morgan fingerprint density at radius 3 is 2.50 bits per heavy atom. The summed E-state index contributed by atoms with van der Waals surface area (Å²) in [5.41, 5.74) is 5.10. The molecule has 0 rings (SSSR count). The third-order valence-electron chi connectivity index (χ3n) is 1.91. The summed E-state index contributed by atoms with van der Waals surface area (Å²) in [5.74, 6) is 0. The number of hydrogen-bond acceptors (Lipinski definition) is 2. The van der Waals surface area contributed by atoms with E-state index in [9.17, 15) is 5.11 Å². The van der Waals surface area contributed by atoms with Gasteiger partial charge in [0.15, 0.2) is 0 Å². The normalized spacial score (nSPS) is 15.3. The number of aliphatic hydroxyl groups is 1. The average molecular weight is 144 g/mol. The van der Waals surface area contributed by atoms with Crippen molar-refractivity contribution in [2.24, 2.45) is 11.1 Å². The Balaban J connectivity index is 3.82. The maximum atomic E-state index is 9.40. The van der Waals surface area contributed by atoms with Crippen LogP contribution in [0.25, 0.3) is 0 Å². The van der Waals surface area contributed by atoms with Crippen LogP contribution in [0.4, 0.5) is 0 Å². The van der Waals surface area contributed by atoms with Crippen LogP contribution in [0.3, 0.4) is 0 Å². The van der Waals surface area contributed by atoms with Crippen molar-refractivity contribution in [3.63, 3.8) is 0 Å². The maximum absolute atomic E-state index is 9.40. The molecule has 0 aromatic rings. The van der Waals surface area contributed by atoms with Crippen LogP contribution in [0, 0.1) is 12.3 Å². The van der Waals surface area contributed by atoms with Crippen molar-refractivity contribution in [1.82, 2.24) is 0 Å². The molecule has 1 radical (unpaired) electrons. The smallest absolute Gasteiger partial charge is 0.0591 e. The van der Waals surface area contributed by atoms with Crippen LogP contribution < -0.4 is 5.73 Å². The molecule has 3 N–H and O–H groups in total. The quantitative estimate of drug-likeness (QED) is 0.617. The van der Waals surface area contributed by atoms with Gasteiger partial charge in [0.05, 0.1) is 6.10 Å². The standard InChI is InChI=1S/C8H18NO/c1-4-7(10)8(2,3)5-6-9/h7,10H,2,4-6,9H2,1,3H3. The van der Waals surface area contributed by atoms with Gasteiger partial charge in [-0.2, -0.15) is 0 Å². The molecule has 0 aliphatic carbocycles. The Morgan fingerprint density at radius 2 is 2.20 bits per heavy atom. The molecule has 0 saturated carbocycles. The van der Waals surface area contributed by atoms with E-state index in [-0.39, 0.29) is 11.5 Å². The second-order valence-corrected chi connectivity index (χ2v) is 3.12. The molecule has 0 amide bonds. The lowest BCUT2D eigenvalue weighted by atomic mass is 9.82. The van der Waals surface area contributed by atoms with Gasteiger partial charge in [-0.25, -0.2) is 0 Å². The Morgan fingerprint density at radius 1 is 1.70 bits per heavy atom. The highest BCUT2D eigenvalue weighted by atomic mass is 16.3. The second kappa shape index (κ2) is 3.94. The van der Waals surface area contributed by atoms with Crippen molar-refractivity contribution in [2.45, 2.75) is 32.8 Å². The summed E-state index contributed by atoms with van der Waals surface area (Å²) in [7, 11) is 0. The molecule has 0 saturated heterocycles. The Kier molecular flexibility index (Phi) is 3.91. The number of hydrogen-bond donors (Lipinski definition) is 2. The van der Waals surface area contributed by atoms with E-state index in [0.717, 1.165) is 12.8 Å². The highest BCUT2D eigenvalue weighted by Crippen LogP contribution is 2.25. The second-order valence-electron chi connectivity index (χ2n) is 3.12. The van der Waals surface area contributed by atoms with Crippen molar-refractivity contribution in [1.29, 1.82) is 0 Å². The molecule has 2 nitrogen and oxygen atoms in total. The van der Waals surface area contributed by atoms with Crippen molar-refractivity contribution >= 4 is 0 Å².